The fourth-order valence-electron chi connectivity index (χ4n) is 6.59. The van der Waals surface area contributed by atoms with E-state index in [4.69, 9.17) is 58.9 Å². The molecule has 0 aromatic heterocycles. The van der Waals surface area contributed by atoms with E-state index >= 15 is 0 Å². The van der Waals surface area contributed by atoms with Gasteiger partial charge >= 0.3 is 12.1 Å². The van der Waals surface area contributed by atoms with Gasteiger partial charge in [0, 0.05) is 57.2 Å². The Labute approximate surface area is 436 Å². The van der Waals surface area contributed by atoms with Crippen molar-refractivity contribution in [3.05, 3.63) is 35.4 Å². The number of ether oxygens (including phenoxy) is 7. The number of carboxylic acid groups (broad SMARTS) is 1. The molecule has 0 aliphatic heterocycles. The third-order valence-electron chi connectivity index (χ3n) is 10.4. The molecule has 0 heterocycles. The Hall–Kier alpha value is -7.19. The highest BCUT2D eigenvalue weighted by Gasteiger charge is 2.21. The zero-order valence-electron chi connectivity index (χ0n) is 43.7. The average Bonchev–Trinajstić information content (AvgIpc) is 3.35. The molecule has 0 fully saturated rings. The van der Waals surface area contributed by atoms with Crippen molar-refractivity contribution in [1.29, 1.82) is 0 Å². The molecular weight excluding hydrogens is 925 g/mol. The largest absolute Gasteiger partial charge is 0.490 e. The van der Waals surface area contributed by atoms with Crippen LogP contribution in [0.15, 0.2) is 24.3 Å². The van der Waals surface area contributed by atoms with Crippen LogP contribution >= 0.6 is 0 Å². The lowest BCUT2D eigenvalue weighted by molar-refractivity contribution is 0.0526. The van der Waals surface area contributed by atoms with Crippen molar-refractivity contribution in [2.75, 3.05) is 52.7 Å². The third-order valence-corrected chi connectivity index (χ3v) is 10.4. The Morgan fingerprint density at radius 2 is 0.808 bits per heavy atom. The normalized spacial score (nSPS) is 10.3. The van der Waals surface area contributed by atoms with Crippen molar-refractivity contribution in [3.8, 4) is 108 Å². The summed E-state index contributed by atoms with van der Waals surface area (Å²) < 4.78 is 42.2. The molecule has 2 rings (SSSR count). The first-order chi connectivity index (χ1) is 35.4. The van der Waals surface area contributed by atoms with Gasteiger partial charge in [-0.1, -0.05) is 11.8 Å². The molecule has 0 atom stereocenters. The molecule has 0 saturated carbocycles. The first kappa shape index (κ1) is 61.9. The molecule has 394 valence electrons. The minimum absolute atomic E-state index is 0.0370. The maximum atomic E-state index is 13.5. The maximum Gasteiger partial charge on any atom is 0.407 e. The van der Waals surface area contributed by atoms with Crippen LogP contribution in [0.3, 0.4) is 0 Å². The first-order valence-electron chi connectivity index (χ1n) is 25.7. The summed E-state index contributed by atoms with van der Waals surface area (Å²) in [5, 5.41) is 15.6. The van der Waals surface area contributed by atoms with Crippen molar-refractivity contribution in [2.45, 2.75) is 161 Å². The van der Waals surface area contributed by atoms with E-state index in [2.05, 4.69) is 58.0 Å². The fourth-order valence-corrected chi connectivity index (χ4v) is 6.59. The van der Waals surface area contributed by atoms with Crippen LogP contribution in [0.25, 0.3) is 0 Å². The quantitative estimate of drug-likeness (QED) is 0.0434. The number of hydrogen-bond acceptors (Lipinski definition) is 10. The second-order valence-electron chi connectivity index (χ2n) is 17.9. The number of alkyl carbamates (subject to hydrolysis) is 1. The molecular formula is C60H78N2O11. The monoisotopic (exact) mass is 1000 g/mol. The zero-order chi connectivity index (χ0) is 53.2. The number of benzene rings is 2. The summed E-state index contributed by atoms with van der Waals surface area (Å²) in [7, 11) is 0. The molecule has 0 radical (unpaired) electrons. The molecule has 3 N–H and O–H groups in total. The second kappa shape index (κ2) is 39.4. The summed E-state index contributed by atoms with van der Waals surface area (Å²) in [6.45, 7) is 8.57. The number of nitrogens with one attached hydrogen (secondary N) is 2. The predicted octanol–water partition coefficient (Wildman–Crippen LogP) is 11.3. The summed E-state index contributed by atoms with van der Waals surface area (Å²) in [4.78, 5) is 37.4. The van der Waals surface area contributed by atoms with Gasteiger partial charge in [0.2, 0.25) is 11.5 Å². The van der Waals surface area contributed by atoms with Gasteiger partial charge in [0.05, 0.1) is 45.2 Å². The number of unbranched alkanes of at least 4 members (excludes halogenated alkanes) is 14. The molecule has 0 bridgehead atoms. The van der Waals surface area contributed by atoms with Crippen LogP contribution in [0.1, 0.15) is 176 Å². The zero-order valence-corrected chi connectivity index (χ0v) is 43.7. The highest BCUT2D eigenvalue weighted by Crippen LogP contribution is 2.41. The molecule has 2 aromatic carbocycles. The Kier molecular flexibility index (Phi) is 33.4. The molecule has 0 unspecified atom stereocenters. The molecule has 2 aromatic rings. The number of carbonyl (C=O) groups excluding carboxylic acids is 2. The van der Waals surface area contributed by atoms with Crippen LogP contribution in [-0.2, 0) is 4.74 Å². The molecule has 73 heavy (non-hydrogen) atoms. The van der Waals surface area contributed by atoms with E-state index in [1.165, 1.54) is 12.1 Å². The second-order valence-corrected chi connectivity index (χ2v) is 17.9. The smallest absolute Gasteiger partial charge is 0.407 e. The van der Waals surface area contributed by atoms with Gasteiger partial charge in [-0.25, -0.2) is 9.59 Å². The van der Waals surface area contributed by atoms with E-state index in [9.17, 15) is 19.5 Å². The number of amides is 2. The first-order valence-corrected chi connectivity index (χ1v) is 25.7. The van der Waals surface area contributed by atoms with Gasteiger partial charge in [-0.2, -0.15) is 0 Å². The molecule has 0 saturated heterocycles. The van der Waals surface area contributed by atoms with Crippen molar-refractivity contribution in [2.24, 2.45) is 0 Å². The molecule has 13 heteroatoms. The van der Waals surface area contributed by atoms with Crippen LogP contribution in [0.4, 0.5) is 4.79 Å². The Morgan fingerprint density at radius 3 is 1.16 bits per heavy atom. The van der Waals surface area contributed by atoms with Gasteiger partial charge in [0.15, 0.2) is 23.0 Å². The van der Waals surface area contributed by atoms with Crippen LogP contribution in [-0.4, -0.2) is 81.4 Å². The number of terminal acetylenes is 4. The SMILES string of the molecule is C#CCCCCOc1cc(C(=O)O)cc(OCCCCC#CC#CCCCCOc2cc(C(=O)NCCCCCNC(=O)OC(C)(C)C)cc(OCCCCC#C)c2OCCCCC#C)c1OCCCCC#C. The molecule has 0 spiro atoms. The van der Waals surface area contributed by atoms with Gasteiger partial charge in [-0.3, -0.25) is 4.79 Å². The van der Waals surface area contributed by atoms with Gasteiger partial charge < -0.3 is 48.9 Å². The highest BCUT2D eigenvalue weighted by molar-refractivity contribution is 5.95. The van der Waals surface area contributed by atoms with Crippen molar-refractivity contribution >= 4 is 18.0 Å². The van der Waals surface area contributed by atoms with E-state index in [-0.39, 0.29) is 11.5 Å². The van der Waals surface area contributed by atoms with Gasteiger partial charge in [0.25, 0.3) is 5.91 Å². The van der Waals surface area contributed by atoms with Crippen LogP contribution in [0.2, 0.25) is 0 Å². The number of carboxylic acids is 1. The fraction of sp³-hybridized carbons (Fsp3) is 0.550. The standard InChI is InChI=1S/C60H78N2O11/c1-8-12-16-31-39-67-51-45-49(57(63)61-37-29-28-30-38-62-59(66)73-60(5,6)7)46-52(55(51)71-43-33-18-14-10-3)68-41-35-26-24-22-20-21-23-25-27-36-42-70-54-48-50(58(64)65)47-53(69-40-32-17-13-9-2)56(54)72-44-34-19-15-11-4/h1-4,45-48H,12-19,24-44H2,5-7H3,(H,61,63)(H,62,66)(H,64,65). The lowest BCUT2D eigenvalue weighted by Gasteiger charge is -2.19. The Morgan fingerprint density at radius 1 is 0.466 bits per heavy atom. The van der Waals surface area contributed by atoms with Gasteiger partial charge in [-0.15, -0.1) is 49.4 Å². The minimum Gasteiger partial charge on any atom is -0.490 e. The summed E-state index contributed by atoms with van der Waals surface area (Å²) in [5.41, 5.74) is -0.140. The topological polar surface area (TPSA) is 160 Å². The summed E-state index contributed by atoms with van der Waals surface area (Å²) >= 11 is 0. The average molecular weight is 1000 g/mol. The van der Waals surface area contributed by atoms with E-state index in [0.29, 0.717) is 151 Å². The van der Waals surface area contributed by atoms with E-state index in [1.807, 2.05) is 20.8 Å². The van der Waals surface area contributed by atoms with Crippen LogP contribution in [0.5, 0.6) is 34.5 Å². The maximum absolute atomic E-state index is 13.5. The summed E-state index contributed by atoms with van der Waals surface area (Å²) in [6, 6.07) is 6.30. The summed E-state index contributed by atoms with van der Waals surface area (Å²) in [5.74, 6) is 23.5. The number of hydrogen-bond donors (Lipinski definition) is 3. The molecule has 2 amide bonds. The minimum atomic E-state index is -1.10. The van der Waals surface area contributed by atoms with Crippen molar-refractivity contribution in [3.63, 3.8) is 0 Å². The Bertz CT molecular complexity index is 2260. The Balaban J connectivity index is 1.99. The predicted molar refractivity (Wildman–Crippen MR) is 287 cm³/mol. The van der Waals surface area contributed by atoms with Crippen LogP contribution in [0, 0.1) is 73.1 Å². The lowest BCUT2D eigenvalue weighted by Crippen LogP contribution is -2.33. The highest BCUT2D eigenvalue weighted by atomic mass is 16.6. The van der Waals surface area contributed by atoms with Gasteiger partial charge in [-0.05, 0) is 153 Å². The van der Waals surface area contributed by atoms with E-state index in [0.717, 1.165) is 77.0 Å². The van der Waals surface area contributed by atoms with Crippen molar-refractivity contribution in [1.82, 2.24) is 10.6 Å². The molecule has 13 nitrogen and oxygen atoms in total. The molecule has 0 aliphatic rings. The van der Waals surface area contributed by atoms with Crippen LogP contribution < -0.4 is 39.1 Å². The van der Waals surface area contributed by atoms with E-state index < -0.39 is 17.7 Å². The van der Waals surface area contributed by atoms with Crippen molar-refractivity contribution < 1.29 is 52.6 Å². The number of carbonyl (C=O) groups is 3. The summed E-state index contributed by atoms with van der Waals surface area (Å²) in [6.07, 6.45) is 36.3. The molecule has 0 aliphatic carbocycles. The number of aromatic carboxylic acids is 1. The number of rotatable bonds is 38. The van der Waals surface area contributed by atoms with E-state index in [1.54, 1.807) is 12.1 Å². The third kappa shape index (κ3) is 29.7. The van der Waals surface area contributed by atoms with Gasteiger partial charge in [0.1, 0.15) is 5.60 Å². The lowest BCUT2D eigenvalue weighted by atomic mass is 10.1.